The maximum absolute atomic E-state index is 11.7. The number of halogens is 1. The molecule has 1 unspecified atom stereocenters. The average molecular weight is 358 g/mol. The molecule has 0 radical (unpaired) electrons. The molecule has 1 amide bonds. The number of hydrogen-bond acceptors (Lipinski definition) is 5. The van der Waals surface area contributed by atoms with E-state index in [4.69, 9.17) is 5.73 Å². The molecule has 1 aromatic carbocycles. The smallest absolute Gasteiger partial charge is 0.224 e. The number of nitrogens with two attached hydrogens (primary N) is 1. The molecule has 0 aliphatic heterocycles. The van der Waals surface area contributed by atoms with Gasteiger partial charge in [0, 0.05) is 34.1 Å². The molecule has 2 aromatic rings. The third-order valence-corrected chi connectivity index (χ3v) is 4.83. The highest BCUT2D eigenvalue weighted by atomic mass is 35.5. The lowest BCUT2D eigenvalue weighted by atomic mass is 10.2. The van der Waals surface area contributed by atoms with Crippen molar-refractivity contribution in [3.05, 3.63) is 35.3 Å². The number of aryl methyl sites for hydroxylation is 1. The number of anilines is 1. The summed E-state index contributed by atoms with van der Waals surface area (Å²) in [6, 6.07) is 7.85. The van der Waals surface area contributed by atoms with Crippen LogP contribution in [-0.2, 0) is 4.79 Å². The fourth-order valence-corrected chi connectivity index (χ4v) is 3.48. The maximum atomic E-state index is 11.7. The van der Waals surface area contributed by atoms with Gasteiger partial charge in [-0.15, -0.1) is 23.7 Å². The van der Waals surface area contributed by atoms with E-state index < -0.39 is 0 Å². The van der Waals surface area contributed by atoms with Crippen molar-refractivity contribution in [2.75, 3.05) is 5.32 Å². The molecule has 0 aliphatic rings. The van der Waals surface area contributed by atoms with Gasteiger partial charge in [0.2, 0.25) is 5.91 Å². The number of carbonyl (C=O) groups is 1. The first-order valence-electron chi connectivity index (χ1n) is 6.78. The zero-order chi connectivity index (χ0) is 15.2. The number of carbonyl (C=O) groups excluding carboxylic acids is 1. The van der Waals surface area contributed by atoms with Crippen LogP contribution in [0.5, 0.6) is 0 Å². The topological polar surface area (TPSA) is 68.0 Å². The summed E-state index contributed by atoms with van der Waals surface area (Å²) in [5, 5.41) is 4.91. The first-order chi connectivity index (χ1) is 10.0. The molecule has 2 rings (SSSR count). The van der Waals surface area contributed by atoms with E-state index in [1.165, 1.54) is 0 Å². The van der Waals surface area contributed by atoms with Crippen molar-refractivity contribution >= 4 is 47.1 Å². The van der Waals surface area contributed by atoms with Gasteiger partial charge in [-0.3, -0.25) is 4.79 Å². The lowest BCUT2D eigenvalue weighted by Crippen LogP contribution is -2.19. The third-order valence-electron chi connectivity index (χ3n) is 2.77. The molecule has 120 valence electrons. The number of nitrogens with zero attached hydrogens (tertiary/aromatic N) is 1. The number of amides is 1. The molecule has 0 bridgehead atoms. The standard InChI is InChI=1S/C15H19N3OS2.ClH/c1-10(16)3-8-14(19)18-12-4-6-13(7-5-12)21-15-17-11(2)9-20-15;/h4-7,9-10H,3,8,16H2,1-2H3,(H,18,19);1H. The van der Waals surface area contributed by atoms with E-state index in [1.54, 1.807) is 23.1 Å². The van der Waals surface area contributed by atoms with Gasteiger partial charge >= 0.3 is 0 Å². The molecular formula is C15H20ClN3OS2. The van der Waals surface area contributed by atoms with E-state index in [1.807, 2.05) is 43.5 Å². The Morgan fingerprint density at radius 3 is 2.64 bits per heavy atom. The summed E-state index contributed by atoms with van der Waals surface area (Å²) in [6.07, 6.45) is 1.15. The van der Waals surface area contributed by atoms with Gasteiger partial charge in [0.1, 0.15) is 0 Å². The highest BCUT2D eigenvalue weighted by molar-refractivity contribution is 8.01. The van der Waals surface area contributed by atoms with Crippen LogP contribution < -0.4 is 11.1 Å². The minimum atomic E-state index is 0. The van der Waals surface area contributed by atoms with E-state index in [2.05, 4.69) is 10.3 Å². The van der Waals surface area contributed by atoms with Gasteiger partial charge in [-0.2, -0.15) is 0 Å². The Bertz CT molecular complexity index is 599. The van der Waals surface area contributed by atoms with E-state index in [-0.39, 0.29) is 24.4 Å². The third kappa shape index (κ3) is 6.36. The molecule has 7 heteroatoms. The van der Waals surface area contributed by atoms with Gasteiger partial charge in [0.25, 0.3) is 0 Å². The summed E-state index contributed by atoms with van der Waals surface area (Å²) >= 11 is 3.27. The van der Waals surface area contributed by atoms with Gasteiger partial charge in [0.15, 0.2) is 4.34 Å². The maximum Gasteiger partial charge on any atom is 0.224 e. The van der Waals surface area contributed by atoms with E-state index in [0.29, 0.717) is 12.8 Å². The molecule has 1 heterocycles. The summed E-state index contributed by atoms with van der Waals surface area (Å²) in [6.45, 7) is 3.89. The molecule has 22 heavy (non-hydrogen) atoms. The second-order valence-electron chi connectivity index (χ2n) is 4.95. The molecule has 0 saturated heterocycles. The second kappa shape index (κ2) is 9.15. The molecule has 0 saturated carbocycles. The van der Waals surface area contributed by atoms with Crippen molar-refractivity contribution in [2.24, 2.45) is 5.73 Å². The minimum Gasteiger partial charge on any atom is -0.328 e. The van der Waals surface area contributed by atoms with Crippen LogP contribution in [0, 0.1) is 6.92 Å². The second-order valence-corrected chi connectivity index (χ2v) is 7.12. The van der Waals surface area contributed by atoms with Crippen LogP contribution in [0.2, 0.25) is 0 Å². The van der Waals surface area contributed by atoms with Gasteiger partial charge in [-0.25, -0.2) is 4.98 Å². The molecule has 1 aromatic heterocycles. The van der Waals surface area contributed by atoms with Crippen molar-refractivity contribution in [1.29, 1.82) is 0 Å². The van der Waals surface area contributed by atoms with Crippen LogP contribution >= 0.6 is 35.5 Å². The Hall–Kier alpha value is -1.08. The van der Waals surface area contributed by atoms with Crippen molar-refractivity contribution in [1.82, 2.24) is 4.98 Å². The average Bonchev–Trinajstić information content (AvgIpc) is 2.84. The molecule has 0 fully saturated rings. The van der Waals surface area contributed by atoms with Crippen molar-refractivity contribution in [3.63, 3.8) is 0 Å². The van der Waals surface area contributed by atoms with E-state index in [0.717, 1.165) is 20.6 Å². The predicted octanol–water partition coefficient (Wildman–Crippen LogP) is 4.09. The Morgan fingerprint density at radius 1 is 1.41 bits per heavy atom. The summed E-state index contributed by atoms with van der Waals surface area (Å²) in [7, 11) is 0. The molecule has 3 N–H and O–H groups in total. The van der Waals surface area contributed by atoms with E-state index in [9.17, 15) is 4.79 Å². The fourth-order valence-electron chi connectivity index (χ4n) is 1.67. The van der Waals surface area contributed by atoms with Gasteiger partial charge < -0.3 is 11.1 Å². The molecular weight excluding hydrogens is 338 g/mol. The minimum absolute atomic E-state index is 0. The summed E-state index contributed by atoms with van der Waals surface area (Å²) in [4.78, 5) is 17.2. The number of rotatable bonds is 6. The Morgan fingerprint density at radius 2 is 2.09 bits per heavy atom. The zero-order valence-corrected chi connectivity index (χ0v) is 15.0. The van der Waals surface area contributed by atoms with Crippen molar-refractivity contribution in [3.8, 4) is 0 Å². The first kappa shape index (κ1) is 19.0. The van der Waals surface area contributed by atoms with E-state index >= 15 is 0 Å². The first-order valence-corrected chi connectivity index (χ1v) is 8.48. The van der Waals surface area contributed by atoms with Crippen LogP contribution in [0.1, 0.15) is 25.5 Å². The van der Waals surface area contributed by atoms with Crippen molar-refractivity contribution < 1.29 is 4.79 Å². The summed E-state index contributed by atoms with van der Waals surface area (Å²) < 4.78 is 1.03. The lowest BCUT2D eigenvalue weighted by Gasteiger charge is -2.07. The Balaban J connectivity index is 0.00000242. The molecule has 0 spiro atoms. The summed E-state index contributed by atoms with van der Waals surface area (Å²) in [5.74, 6) is 0.00301. The van der Waals surface area contributed by atoms with Crippen molar-refractivity contribution in [2.45, 2.75) is 42.0 Å². The highest BCUT2D eigenvalue weighted by Crippen LogP contribution is 2.30. The Labute approximate surface area is 145 Å². The normalized spacial score (nSPS) is 11.6. The SMILES string of the molecule is Cc1csc(Sc2ccc(NC(=O)CCC(C)N)cc2)n1.Cl. The van der Waals surface area contributed by atoms with Gasteiger partial charge in [0.05, 0.1) is 0 Å². The van der Waals surface area contributed by atoms with Crippen LogP contribution in [0.4, 0.5) is 5.69 Å². The molecule has 0 aliphatic carbocycles. The highest BCUT2D eigenvalue weighted by Gasteiger charge is 2.05. The number of aromatic nitrogens is 1. The lowest BCUT2D eigenvalue weighted by molar-refractivity contribution is -0.116. The van der Waals surface area contributed by atoms with Crippen LogP contribution in [0.25, 0.3) is 0 Å². The number of hydrogen-bond donors (Lipinski definition) is 2. The van der Waals surface area contributed by atoms with Crippen LogP contribution in [0.3, 0.4) is 0 Å². The van der Waals surface area contributed by atoms with Gasteiger partial charge in [-0.05, 0) is 44.5 Å². The monoisotopic (exact) mass is 357 g/mol. The van der Waals surface area contributed by atoms with Crippen LogP contribution in [-0.4, -0.2) is 16.9 Å². The number of nitrogens with one attached hydrogen (secondary N) is 1. The quantitative estimate of drug-likeness (QED) is 0.817. The van der Waals surface area contributed by atoms with Gasteiger partial charge in [-0.1, -0.05) is 11.8 Å². The largest absolute Gasteiger partial charge is 0.328 e. The van der Waals surface area contributed by atoms with Crippen LogP contribution in [0.15, 0.2) is 38.9 Å². The summed E-state index contributed by atoms with van der Waals surface area (Å²) in [5.41, 5.74) is 7.49. The molecule has 1 atom stereocenters. The number of thiazole rings is 1. The predicted molar refractivity (Wildman–Crippen MR) is 96.2 cm³/mol. The molecule has 4 nitrogen and oxygen atoms in total. The Kier molecular flexibility index (Phi) is 7.89. The fraction of sp³-hybridized carbons (Fsp3) is 0.333. The number of benzene rings is 1. The zero-order valence-electron chi connectivity index (χ0n) is 12.5.